The molecule has 6 atom stereocenters. The number of oxazole rings is 1. The second-order valence-corrected chi connectivity index (χ2v) is 17.1. The lowest BCUT2D eigenvalue weighted by Crippen LogP contribution is -2.53. The fraction of sp³-hybridized carbons (Fsp3) is 0.213. The lowest BCUT2D eigenvalue weighted by molar-refractivity contribution is -0.138. The molecule has 1 aromatic heterocycles. The highest BCUT2D eigenvalue weighted by molar-refractivity contribution is 6.36. The van der Waals surface area contributed by atoms with Gasteiger partial charge in [0.05, 0.1) is 58.8 Å². The van der Waals surface area contributed by atoms with Gasteiger partial charge in [0, 0.05) is 16.5 Å². The molecule has 2 N–H and O–H groups in total. The predicted octanol–water partition coefficient (Wildman–Crippen LogP) is 9.37. The number of rotatable bonds is 8. The van der Waals surface area contributed by atoms with Gasteiger partial charge in [-0.1, -0.05) is 70.7 Å². The minimum Gasteiger partial charge on any atom is -0.503 e. The van der Waals surface area contributed by atoms with Crippen molar-refractivity contribution in [3.63, 3.8) is 0 Å². The highest BCUT2D eigenvalue weighted by Crippen LogP contribution is 2.65. The summed E-state index contributed by atoms with van der Waals surface area (Å²) in [5.41, 5.74) is 5.62. The summed E-state index contributed by atoms with van der Waals surface area (Å²) in [5.74, 6) is -5.60. The van der Waals surface area contributed by atoms with Crippen LogP contribution in [0.5, 0.6) is 17.2 Å². The third kappa shape index (κ3) is 5.91. The number of hydrogen-bond acceptors (Lipinski definition) is 10. The zero-order valence-corrected chi connectivity index (χ0v) is 35.2. The molecule has 6 aromatic rings. The highest BCUT2D eigenvalue weighted by atomic mass is 35.5. The van der Waals surface area contributed by atoms with Gasteiger partial charge in [-0.2, -0.15) is 5.01 Å². The number of aromatic nitrogens is 1. The molecule has 3 fully saturated rings. The second-order valence-electron chi connectivity index (χ2n) is 15.8. The Labute approximate surface area is 369 Å². The van der Waals surface area contributed by atoms with E-state index in [9.17, 15) is 14.7 Å². The monoisotopic (exact) mass is 888 g/mol. The SMILES string of the molecule is COc1ccc(C23C(=O)N(Nc4ccc(Cl)cc4Cl)C(=O)C2CC2C(=CCC4C(=O)N(c5ccc(-c6nc7ccccc7o6)cc5)C(=O)C42)C3c2cc(Cl)c(O)c(OC)c2)cc1. The molecule has 62 heavy (non-hydrogen) atoms. The summed E-state index contributed by atoms with van der Waals surface area (Å²) in [7, 11) is 2.91. The third-order valence-corrected chi connectivity index (χ3v) is 13.7. The molecule has 1 saturated carbocycles. The molecule has 0 radical (unpaired) electrons. The first-order valence-corrected chi connectivity index (χ1v) is 20.9. The Balaban J connectivity index is 1.10. The summed E-state index contributed by atoms with van der Waals surface area (Å²) < 4.78 is 17.0. The number of phenolic OH excluding ortho intramolecular Hbond substituents is 1. The molecule has 4 amide bonds. The fourth-order valence-corrected chi connectivity index (χ4v) is 10.8. The van der Waals surface area contributed by atoms with Crippen molar-refractivity contribution in [1.29, 1.82) is 0 Å². The Morgan fingerprint density at radius 2 is 1.58 bits per heavy atom. The topological polar surface area (TPSA) is 152 Å². The number of nitrogens with one attached hydrogen (secondary N) is 1. The van der Waals surface area contributed by atoms with Gasteiger partial charge < -0.3 is 19.0 Å². The maximum absolute atomic E-state index is 15.6. The number of ether oxygens (including phenoxy) is 2. The normalized spacial score (nSPS) is 24.2. The first-order valence-electron chi connectivity index (χ1n) is 19.8. The van der Waals surface area contributed by atoms with E-state index in [0.717, 1.165) is 5.01 Å². The molecule has 2 aliphatic carbocycles. The van der Waals surface area contributed by atoms with Crippen LogP contribution < -0.4 is 19.8 Å². The largest absolute Gasteiger partial charge is 0.503 e. The number of methoxy groups -OCH3 is 2. The number of hydrogen-bond donors (Lipinski definition) is 2. The zero-order chi connectivity index (χ0) is 43.2. The van der Waals surface area contributed by atoms with Gasteiger partial charge in [0.1, 0.15) is 11.3 Å². The van der Waals surface area contributed by atoms with Crippen LogP contribution in [-0.4, -0.2) is 52.9 Å². The molecule has 312 valence electrons. The number of fused-ring (bicyclic) bond motifs is 5. The van der Waals surface area contributed by atoms with E-state index in [1.807, 2.05) is 30.3 Å². The van der Waals surface area contributed by atoms with Crippen LogP contribution in [0.25, 0.3) is 22.6 Å². The summed E-state index contributed by atoms with van der Waals surface area (Å²) in [6.45, 7) is 0. The number of phenols is 1. The maximum Gasteiger partial charge on any atom is 0.260 e. The van der Waals surface area contributed by atoms with Crippen LogP contribution in [-0.2, 0) is 24.6 Å². The van der Waals surface area contributed by atoms with Gasteiger partial charge in [0.25, 0.3) is 11.8 Å². The minimum absolute atomic E-state index is 0.0408. The summed E-state index contributed by atoms with van der Waals surface area (Å²) >= 11 is 19.5. The minimum atomic E-state index is -1.65. The molecule has 4 aliphatic rings. The molecule has 2 saturated heterocycles. The Morgan fingerprint density at radius 3 is 2.29 bits per heavy atom. The van der Waals surface area contributed by atoms with Crippen molar-refractivity contribution in [1.82, 2.24) is 9.99 Å². The Bertz CT molecular complexity index is 2870. The van der Waals surface area contributed by atoms with E-state index in [0.29, 0.717) is 55.7 Å². The number of hydrazine groups is 1. The van der Waals surface area contributed by atoms with Crippen molar-refractivity contribution in [2.75, 3.05) is 24.5 Å². The lowest BCUT2D eigenvalue weighted by atomic mass is 9.49. The molecule has 15 heteroatoms. The van der Waals surface area contributed by atoms with Gasteiger partial charge in [-0.3, -0.25) is 29.5 Å². The van der Waals surface area contributed by atoms with E-state index in [-0.39, 0.29) is 46.0 Å². The summed E-state index contributed by atoms with van der Waals surface area (Å²) in [4.78, 5) is 65.9. The smallest absolute Gasteiger partial charge is 0.260 e. The van der Waals surface area contributed by atoms with E-state index in [1.54, 1.807) is 72.8 Å². The van der Waals surface area contributed by atoms with Crippen molar-refractivity contribution >= 4 is 80.9 Å². The van der Waals surface area contributed by atoms with Crippen LogP contribution in [0.15, 0.2) is 119 Å². The Kier molecular flexibility index (Phi) is 9.58. The molecule has 5 aromatic carbocycles. The van der Waals surface area contributed by atoms with Gasteiger partial charge in [-0.15, -0.1) is 0 Å². The number of nitrogens with zero attached hydrogens (tertiary/aromatic N) is 3. The van der Waals surface area contributed by atoms with Gasteiger partial charge in [-0.05, 0) is 109 Å². The molecule has 12 nitrogen and oxygen atoms in total. The number of para-hydroxylation sites is 2. The van der Waals surface area contributed by atoms with Crippen LogP contribution in [0.1, 0.15) is 29.9 Å². The molecule has 6 unspecified atom stereocenters. The number of amides is 4. The van der Waals surface area contributed by atoms with Gasteiger partial charge in [-0.25, -0.2) is 4.98 Å². The Hall–Kier alpha value is -6.34. The average Bonchev–Trinajstić information content (AvgIpc) is 3.90. The number of halogens is 3. The fourth-order valence-electron chi connectivity index (χ4n) is 10.1. The average molecular weight is 890 g/mol. The molecular formula is C47H35Cl3N4O8. The molecule has 3 heterocycles. The maximum atomic E-state index is 15.6. The number of anilines is 2. The van der Waals surface area contributed by atoms with Crippen molar-refractivity contribution in [3.05, 3.63) is 141 Å². The Morgan fingerprint density at radius 1 is 0.823 bits per heavy atom. The molecule has 0 bridgehead atoms. The van der Waals surface area contributed by atoms with Crippen LogP contribution in [0.2, 0.25) is 15.1 Å². The van der Waals surface area contributed by atoms with Crippen molar-refractivity contribution in [2.45, 2.75) is 24.2 Å². The van der Waals surface area contributed by atoms with Gasteiger partial charge >= 0.3 is 0 Å². The number of carbonyl (C=O) groups is 4. The number of aromatic hydroxyl groups is 1. The van der Waals surface area contributed by atoms with Crippen molar-refractivity contribution < 1.29 is 38.2 Å². The van der Waals surface area contributed by atoms with Crippen molar-refractivity contribution in [2.24, 2.45) is 23.7 Å². The molecule has 0 spiro atoms. The summed E-state index contributed by atoms with van der Waals surface area (Å²) in [6, 6.07) is 29.1. The summed E-state index contributed by atoms with van der Waals surface area (Å²) in [6.07, 6.45) is 2.16. The first-order chi connectivity index (χ1) is 29.9. The van der Waals surface area contributed by atoms with Gasteiger partial charge in [0.15, 0.2) is 17.1 Å². The van der Waals surface area contributed by atoms with Crippen molar-refractivity contribution in [3.8, 4) is 28.7 Å². The second kappa shape index (κ2) is 14.9. The highest BCUT2D eigenvalue weighted by Gasteiger charge is 2.70. The molecule has 2 aliphatic heterocycles. The van der Waals surface area contributed by atoms with Gasteiger partial charge in [0.2, 0.25) is 17.7 Å². The standard InChI is InChI=1S/C47H35Cl3N4O8/c1-60-28-14-9-25(10-15-28)47-32(44(57)54(46(47)59)52-35-18-11-26(48)21-33(35)49)22-31-29(40(47)24-19-34(50)41(55)38(20-24)61-2)16-17-30-39(31)45(58)53(43(30)56)27-12-7-23(8-13-27)42-51-36-5-3-4-6-37(36)62-42/h3-16,18-21,30-32,39-40,52,55H,17,22H2,1-2H3. The summed E-state index contributed by atoms with van der Waals surface area (Å²) in [5, 5.41) is 12.4. The number of benzene rings is 5. The van der Waals surface area contributed by atoms with Crippen LogP contribution >= 0.6 is 34.8 Å². The third-order valence-electron chi connectivity index (χ3n) is 12.9. The van der Waals surface area contributed by atoms with Crippen LogP contribution in [0.4, 0.5) is 11.4 Å². The number of carbonyl (C=O) groups excluding carboxylic acids is 4. The lowest BCUT2D eigenvalue weighted by Gasteiger charge is -2.50. The van der Waals surface area contributed by atoms with E-state index < -0.39 is 52.7 Å². The van der Waals surface area contributed by atoms with E-state index in [1.165, 1.54) is 25.2 Å². The zero-order valence-electron chi connectivity index (χ0n) is 33.0. The number of allylic oxidation sites excluding steroid dienone is 2. The van der Waals surface area contributed by atoms with Crippen LogP contribution in [0, 0.1) is 23.7 Å². The quantitative estimate of drug-likeness (QED) is 0.112. The molecule has 10 rings (SSSR count). The van der Waals surface area contributed by atoms with E-state index >= 15 is 9.59 Å². The molecular weight excluding hydrogens is 855 g/mol. The van der Waals surface area contributed by atoms with E-state index in [4.69, 9.17) is 48.7 Å². The number of imide groups is 2. The predicted molar refractivity (Wildman–Crippen MR) is 232 cm³/mol. The van der Waals surface area contributed by atoms with Crippen LogP contribution in [0.3, 0.4) is 0 Å². The first kappa shape index (κ1) is 39.8. The van der Waals surface area contributed by atoms with E-state index in [2.05, 4.69) is 10.4 Å².